The molecule has 0 aliphatic rings. The van der Waals surface area contributed by atoms with E-state index in [9.17, 15) is 9.59 Å². The summed E-state index contributed by atoms with van der Waals surface area (Å²) in [5.74, 6) is -0.403. The third-order valence-corrected chi connectivity index (χ3v) is 4.29. The van der Waals surface area contributed by atoms with Crippen molar-refractivity contribution in [1.29, 1.82) is 0 Å². The number of rotatable bonds is 6. The van der Waals surface area contributed by atoms with Crippen molar-refractivity contribution >= 4 is 22.2 Å². The maximum atomic E-state index is 12.6. The van der Waals surface area contributed by atoms with Gasteiger partial charge in [-0.2, -0.15) is 0 Å². The molecule has 0 N–H and O–H groups in total. The summed E-state index contributed by atoms with van der Waals surface area (Å²) in [6, 6.07) is 0. The average Bonchev–Trinajstić information content (AvgIpc) is 2.96. The number of methoxy groups -OCH3 is 2. The first-order valence-electron chi connectivity index (χ1n) is 6.82. The first-order valence-corrected chi connectivity index (χ1v) is 7.70. The number of thiazole rings is 1. The fourth-order valence-corrected chi connectivity index (χ4v) is 3.03. The molecular formula is C14H19N3O4S. The molecule has 0 unspecified atom stereocenters. The highest BCUT2D eigenvalue weighted by Crippen LogP contribution is 2.13. The van der Waals surface area contributed by atoms with Crippen molar-refractivity contribution in [3.05, 3.63) is 33.2 Å². The Balaban J connectivity index is 2.36. The molecule has 0 atom stereocenters. The van der Waals surface area contributed by atoms with Gasteiger partial charge >= 0.3 is 0 Å². The van der Waals surface area contributed by atoms with Crippen LogP contribution in [0.3, 0.4) is 0 Å². The van der Waals surface area contributed by atoms with E-state index in [0.717, 1.165) is 5.69 Å². The van der Waals surface area contributed by atoms with E-state index >= 15 is 0 Å². The Hall–Kier alpha value is -1.77. The fourth-order valence-electron chi connectivity index (χ4n) is 2.10. The molecule has 2 rings (SSSR count). The van der Waals surface area contributed by atoms with Crippen molar-refractivity contribution in [2.75, 3.05) is 27.8 Å². The molecule has 8 heteroatoms. The van der Waals surface area contributed by atoms with Gasteiger partial charge in [-0.15, -0.1) is 11.3 Å². The summed E-state index contributed by atoms with van der Waals surface area (Å²) < 4.78 is 11.6. The third kappa shape index (κ3) is 3.03. The van der Waals surface area contributed by atoms with Crippen LogP contribution in [0.25, 0.3) is 4.96 Å². The Morgan fingerprint density at radius 2 is 2.14 bits per heavy atom. The average molecular weight is 325 g/mol. The molecule has 2 aromatic rings. The summed E-state index contributed by atoms with van der Waals surface area (Å²) in [6.07, 6.45) is 1.49. The predicted octanol–water partition coefficient (Wildman–Crippen LogP) is 1.01. The number of likely N-dealkylation sites (N-methyl/N-ethyl adjacent to an activating group) is 1. The number of hydrogen-bond donors (Lipinski definition) is 0. The van der Waals surface area contributed by atoms with Crippen LogP contribution in [-0.4, -0.2) is 54.3 Å². The van der Waals surface area contributed by atoms with Gasteiger partial charge in [-0.1, -0.05) is 6.92 Å². The zero-order valence-electron chi connectivity index (χ0n) is 13.0. The molecule has 7 nitrogen and oxygen atoms in total. The Bertz CT molecular complexity index is 720. The Morgan fingerprint density at radius 1 is 1.45 bits per heavy atom. The lowest BCUT2D eigenvalue weighted by molar-refractivity contribution is -0.110. The largest absolute Gasteiger partial charge is 0.354 e. The number of aromatic nitrogens is 2. The molecule has 0 aliphatic heterocycles. The Kier molecular flexibility index (Phi) is 5.28. The van der Waals surface area contributed by atoms with Gasteiger partial charge in [0, 0.05) is 38.5 Å². The van der Waals surface area contributed by atoms with Crippen LogP contribution in [0.2, 0.25) is 0 Å². The Morgan fingerprint density at radius 3 is 2.73 bits per heavy atom. The molecule has 0 aromatic carbocycles. The van der Waals surface area contributed by atoms with E-state index in [4.69, 9.17) is 9.47 Å². The van der Waals surface area contributed by atoms with Gasteiger partial charge in [-0.3, -0.25) is 14.0 Å². The van der Waals surface area contributed by atoms with Crippen LogP contribution in [0.1, 0.15) is 23.0 Å². The number of carbonyl (C=O) groups excluding carboxylic acids is 1. The highest BCUT2D eigenvalue weighted by Gasteiger charge is 2.21. The molecule has 2 aromatic heterocycles. The number of nitrogens with zero attached hydrogens (tertiary/aromatic N) is 3. The molecular weight excluding hydrogens is 306 g/mol. The van der Waals surface area contributed by atoms with Crippen molar-refractivity contribution in [1.82, 2.24) is 14.3 Å². The fraction of sp³-hybridized carbons (Fsp3) is 0.500. The summed E-state index contributed by atoms with van der Waals surface area (Å²) in [6.45, 7) is 2.18. The molecule has 0 radical (unpaired) electrons. The molecule has 22 heavy (non-hydrogen) atoms. The summed E-state index contributed by atoms with van der Waals surface area (Å²) in [7, 11) is 4.58. The predicted molar refractivity (Wildman–Crippen MR) is 83.5 cm³/mol. The molecule has 0 bridgehead atoms. The Labute approximate surface area is 132 Å². The van der Waals surface area contributed by atoms with E-state index in [1.807, 2.05) is 12.3 Å². The number of carbonyl (C=O) groups is 1. The first kappa shape index (κ1) is 16.6. The van der Waals surface area contributed by atoms with Gasteiger partial charge in [-0.25, -0.2) is 4.98 Å². The SMILES string of the molecule is CCc1csc2ncc(C(=O)N(C)CC(OC)OC)c(=O)n12. The highest BCUT2D eigenvalue weighted by atomic mass is 32.1. The summed E-state index contributed by atoms with van der Waals surface area (Å²) >= 11 is 1.39. The van der Waals surface area contributed by atoms with E-state index in [1.54, 1.807) is 7.05 Å². The van der Waals surface area contributed by atoms with Crippen LogP contribution in [-0.2, 0) is 15.9 Å². The molecule has 120 valence electrons. The lowest BCUT2D eigenvalue weighted by atomic mass is 10.3. The second-order valence-corrected chi connectivity index (χ2v) is 5.60. The number of aryl methyl sites for hydroxylation is 1. The molecule has 0 saturated heterocycles. The standard InChI is InChI=1S/C14H19N3O4S/c1-5-9-8-22-14-15-6-10(13(19)17(9)14)12(18)16(2)7-11(20-3)21-4/h6,8,11H,5,7H2,1-4H3. The second-order valence-electron chi connectivity index (χ2n) is 4.76. The number of amides is 1. The molecule has 0 spiro atoms. The number of hydrogen-bond acceptors (Lipinski definition) is 6. The maximum absolute atomic E-state index is 12.6. The lowest BCUT2D eigenvalue weighted by Crippen LogP contribution is -2.39. The summed E-state index contributed by atoms with van der Waals surface area (Å²) in [5, 5.41) is 1.88. The summed E-state index contributed by atoms with van der Waals surface area (Å²) in [4.78, 5) is 31.2. The molecule has 1 amide bonds. The van der Waals surface area contributed by atoms with Gasteiger partial charge < -0.3 is 14.4 Å². The minimum absolute atomic E-state index is 0.0408. The van der Waals surface area contributed by atoms with Gasteiger partial charge in [0.05, 0.1) is 6.54 Å². The smallest absolute Gasteiger partial charge is 0.271 e. The van der Waals surface area contributed by atoms with Crippen LogP contribution >= 0.6 is 11.3 Å². The van der Waals surface area contributed by atoms with Gasteiger partial charge in [0.25, 0.3) is 11.5 Å². The van der Waals surface area contributed by atoms with Crippen molar-refractivity contribution in [2.45, 2.75) is 19.6 Å². The topological polar surface area (TPSA) is 73.1 Å². The van der Waals surface area contributed by atoms with Crippen LogP contribution in [0.4, 0.5) is 0 Å². The van der Waals surface area contributed by atoms with Crippen molar-refractivity contribution in [2.24, 2.45) is 0 Å². The van der Waals surface area contributed by atoms with Crippen LogP contribution in [0, 0.1) is 0 Å². The number of ether oxygens (including phenoxy) is 2. The van der Waals surface area contributed by atoms with Gasteiger partial charge in [-0.05, 0) is 6.42 Å². The normalized spacial score (nSPS) is 11.3. The van der Waals surface area contributed by atoms with Crippen molar-refractivity contribution in [3.63, 3.8) is 0 Å². The zero-order chi connectivity index (χ0) is 16.3. The highest BCUT2D eigenvalue weighted by molar-refractivity contribution is 7.15. The molecule has 0 fully saturated rings. The molecule has 0 aliphatic carbocycles. The van der Waals surface area contributed by atoms with E-state index in [2.05, 4.69) is 4.98 Å². The monoisotopic (exact) mass is 325 g/mol. The van der Waals surface area contributed by atoms with E-state index < -0.39 is 12.2 Å². The van der Waals surface area contributed by atoms with Gasteiger partial charge in [0.2, 0.25) is 0 Å². The maximum Gasteiger partial charge on any atom is 0.271 e. The van der Waals surface area contributed by atoms with Crippen LogP contribution in [0.15, 0.2) is 16.4 Å². The van der Waals surface area contributed by atoms with Gasteiger partial charge in [0.15, 0.2) is 11.3 Å². The van der Waals surface area contributed by atoms with Crippen LogP contribution in [0.5, 0.6) is 0 Å². The van der Waals surface area contributed by atoms with Gasteiger partial charge in [0.1, 0.15) is 5.56 Å². The van der Waals surface area contributed by atoms with Crippen molar-refractivity contribution in [3.8, 4) is 0 Å². The second kappa shape index (κ2) is 6.99. The third-order valence-electron chi connectivity index (χ3n) is 3.40. The lowest BCUT2D eigenvalue weighted by Gasteiger charge is -2.21. The number of fused-ring (bicyclic) bond motifs is 1. The van der Waals surface area contributed by atoms with Crippen molar-refractivity contribution < 1.29 is 14.3 Å². The van der Waals surface area contributed by atoms with E-state index in [-0.39, 0.29) is 17.7 Å². The van der Waals surface area contributed by atoms with E-state index in [0.29, 0.717) is 11.4 Å². The minimum atomic E-state index is -0.541. The molecule has 0 saturated carbocycles. The quantitative estimate of drug-likeness (QED) is 0.741. The molecule has 2 heterocycles. The summed E-state index contributed by atoms with van der Waals surface area (Å²) in [5.41, 5.74) is 0.548. The zero-order valence-corrected chi connectivity index (χ0v) is 13.8. The van der Waals surface area contributed by atoms with E-state index in [1.165, 1.54) is 41.1 Å². The van der Waals surface area contributed by atoms with Crippen LogP contribution < -0.4 is 5.56 Å². The minimum Gasteiger partial charge on any atom is -0.354 e. The first-order chi connectivity index (χ1) is 10.5.